The van der Waals surface area contributed by atoms with Crippen LogP contribution in [0, 0.1) is 5.92 Å². The summed E-state index contributed by atoms with van der Waals surface area (Å²) in [5.74, 6) is 0.542. The van der Waals surface area contributed by atoms with Crippen molar-refractivity contribution in [2.75, 3.05) is 19.7 Å². The molecule has 1 N–H and O–H groups in total. The lowest BCUT2D eigenvalue weighted by molar-refractivity contribution is 0.100. The smallest absolute Gasteiger partial charge is 0.0589 e. The maximum absolute atomic E-state index is 9.09. The van der Waals surface area contributed by atoms with Crippen LogP contribution in [0.3, 0.4) is 0 Å². The van der Waals surface area contributed by atoms with E-state index in [4.69, 9.17) is 5.11 Å². The molecule has 0 heterocycles. The van der Waals surface area contributed by atoms with E-state index < -0.39 is 0 Å². The molecule has 0 amide bonds. The van der Waals surface area contributed by atoms with Crippen molar-refractivity contribution in [2.24, 2.45) is 5.92 Å². The molecule has 0 aliphatic rings. The van der Waals surface area contributed by atoms with E-state index in [0.29, 0.717) is 12.0 Å². The van der Waals surface area contributed by atoms with Gasteiger partial charge in [0.15, 0.2) is 0 Å². The molecular formula is C9H21NO. The minimum absolute atomic E-state index is 0.277. The van der Waals surface area contributed by atoms with E-state index in [1.165, 1.54) is 0 Å². The van der Waals surface area contributed by atoms with Crippen molar-refractivity contribution < 1.29 is 5.11 Å². The van der Waals surface area contributed by atoms with Gasteiger partial charge in [-0.15, -0.1) is 0 Å². The summed E-state index contributed by atoms with van der Waals surface area (Å²) in [6.45, 7) is 10.9. The van der Waals surface area contributed by atoms with E-state index in [1.54, 1.807) is 0 Å². The Morgan fingerprint density at radius 1 is 1.18 bits per heavy atom. The lowest BCUT2D eigenvalue weighted by atomic mass is 10.0. The van der Waals surface area contributed by atoms with Crippen molar-refractivity contribution in [2.45, 2.75) is 33.7 Å². The molecule has 0 aliphatic heterocycles. The maximum atomic E-state index is 9.09. The Morgan fingerprint density at radius 3 is 1.73 bits per heavy atom. The molecule has 0 aromatic carbocycles. The van der Waals surface area contributed by atoms with Crippen LogP contribution in [0.2, 0.25) is 0 Å². The molecule has 0 aromatic rings. The van der Waals surface area contributed by atoms with Crippen LogP contribution in [0.4, 0.5) is 0 Å². The SMILES string of the molecule is CCN(CC)[C@H](CO)C(C)C. The number of rotatable bonds is 5. The van der Waals surface area contributed by atoms with Crippen LogP contribution >= 0.6 is 0 Å². The maximum Gasteiger partial charge on any atom is 0.0589 e. The van der Waals surface area contributed by atoms with Crippen molar-refractivity contribution in [1.82, 2.24) is 4.90 Å². The lowest BCUT2D eigenvalue weighted by Gasteiger charge is -2.30. The minimum atomic E-state index is 0.277. The van der Waals surface area contributed by atoms with Crippen molar-refractivity contribution >= 4 is 0 Å². The minimum Gasteiger partial charge on any atom is -0.395 e. The highest BCUT2D eigenvalue weighted by atomic mass is 16.3. The van der Waals surface area contributed by atoms with E-state index in [0.717, 1.165) is 13.1 Å². The molecule has 0 radical (unpaired) electrons. The van der Waals surface area contributed by atoms with Gasteiger partial charge in [0.25, 0.3) is 0 Å². The number of hydrogen-bond donors (Lipinski definition) is 1. The van der Waals surface area contributed by atoms with Gasteiger partial charge in [-0.1, -0.05) is 27.7 Å². The highest BCUT2D eigenvalue weighted by Gasteiger charge is 2.17. The first-order valence-corrected chi connectivity index (χ1v) is 4.52. The Balaban J connectivity index is 3.98. The van der Waals surface area contributed by atoms with Crippen molar-refractivity contribution in [3.8, 4) is 0 Å². The highest BCUT2D eigenvalue weighted by molar-refractivity contribution is 4.71. The molecule has 0 rings (SSSR count). The van der Waals surface area contributed by atoms with Gasteiger partial charge in [-0.05, 0) is 19.0 Å². The van der Waals surface area contributed by atoms with Gasteiger partial charge in [-0.25, -0.2) is 0 Å². The van der Waals surface area contributed by atoms with E-state index in [1.807, 2.05) is 0 Å². The van der Waals surface area contributed by atoms with Gasteiger partial charge in [0.2, 0.25) is 0 Å². The molecule has 0 fully saturated rings. The standard InChI is InChI=1S/C9H21NO/c1-5-10(6-2)9(7-11)8(3)4/h8-9,11H,5-7H2,1-4H3/t9-/m1/s1. The molecule has 0 bridgehead atoms. The third-order valence-electron chi connectivity index (χ3n) is 2.24. The third-order valence-corrected chi connectivity index (χ3v) is 2.24. The molecule has 0 saturated heterocycles. The fourth-order valence-electron chi connectivity index (χ4n) is 1.44. The Morgan fingerprint density at radius 2 is 1.64 bits per heavy atom. The highest BCUT2D eigenvalue weighted by Crippen LogP contribution is 2.08. The fraction of sp³-hybridized carbons (Fsp3) is 1.00. The van der Waals surface area contributed by atoms with E-state index in [9.17, 15) is 0 Å². The predicted octanol–water partition coefficient (Wildman–Crippen LogP) is 1.35. The molecular weight excluding hydrogens is 138 g/mol. The second-order valence-corrected chi connectivity index (χ2v) is 3.22. The molecule has 0 aromatic heterocycles. The second kappa shape index (κ2) is 5.56. The number of hydrogen-bond acceptors (Lipinski definition) is 2. The molecule has 2 heteroatoms. The van der Waals surface area contributed by atoms with Crippen LogP contribution < -0.4 is 0 Å². The zero-order chi connectivity index (χ0) is 8.85. The molecule has 0 unspecified atom stereocenters. The summed E-state index contributed by atoms with van der Waals surface area (Å²) in [7, 11) is 0. The summed E-state index contributed by atoms with van der Waals surface area (Å²) < 4.78 is 0. The Bertz CT molecular complexity index is 89.6. The van der Waals surface area contributed by atoms with Crippen molar-refractivity contribution in [1.29, 1.82) is 0 Å². The molecule has 11 heavy (non-hydrogen) atoms. The number of aliphatic hydroxyl groups excluding tert-OH is 1. The van der Waals surface area contributed by atoms with Crippen LogP contribution in [-0.2, 0) is 0 Å². The molecule has 1 atom stereocenters. The number of nitrogens with zero attached hydrogens (tertiary/aromatic N) is 1. The van der Waals surface area contributed by atoms with Gasteiger partial charge in [0.1, 0.15) is 0 Å². The van der Waals surface area contributed by atoms with Crippen LogP contribution in [0.15, 0.2) is 0 Å². The summed E-state index contributed by atoms with van der Waals surface area (Å²) in [5, 5.41) is 9.09. The van der Waals surface area contributed by atoms with E-state index >= 15 is 0 Å². The van der Waals surface area contributed by atoms with Crippen molar-refractivity contribution in [3.05, 3.63) is 0 Å². The van der Waals surface area contributed by atoms with E-state index in [2.05, 4.69) is 32.6 Å². The van der Waals surface area contributed by atoms with E-state index in [-0.39, 0.29) is 6.61 Å². The summed E-state index contributed by atoms with van der Waals surface area (Å²) in [5.41, 5.74) is 0. The molecule has 0 aliphatic carbocycles. The topological polar surface area (TPSA) is 23.5 Å². The summed E-state index contributed by atoms with van der Waals surface area (Å²) in [6.07, 6.45) is 0. The fourth-order valence-corrected chi connectivity index (χ4v) is 1.44. The summed E-state index contributed by atoms with van der Waals surface area (Å²) in [4.78, 5) is 2.30. The molecule has 2 nitrogen and oxygen atoms in total. The van der Waals surface area contributed by atoms with Gasteiger partial charge in [0, 0.05) is 6.04 Å². The Labute approximate surface area is 70.2 Å². The number of likely N-dealkylation sites (N-methyl/N-ethyl adjacent to an activating group) is 1. The van der Waals surface area contributed by atoms with Gasteiger partial charge < -0.3 is 5.11 Å². The predicted molar refractivity (Wildman–Crippen MR) is 48.6 cm³/mol. The van der Waals surface area contributed by atoms with Gasteiger partial charge >= 0.3 is 0 Å². The zero-order valence-corrected chi connectivity index (χ0v) is 8.17. The first-order valence-electron chi connectivity index (χ1n) is 4.52. The molecule has 0 spiro atoms. The zero-order valence-electron chi connectivity index (χ0n) is 8.17. The largest absolute Gasteiger partial charge is 0.395 e. The average Bonchev–Trinajstić information content (AvgIpc) is 1.99. The second-order valence-electron chi connectivity index (χ2n) is 3.22. The summed E-state index contributed by atoms with van der Waals surface area (Å²) >= 11 is 0. The summed E-state index contributed by atoms with van der Waals surface area (Å²) in [6, 6.07) is 0.338. The molecule has 0 saturated carbocycles. The van der Waals surface area contributed by atoms with Crippen molar-refractivity contribution in [3.63, 3.8) is 0 Å². The third kappa shape index (κ3) is 3.21. The van der Waals surface area contributed by atoms with Gasteiger partial charge in [-0.2, -0.15) is 0 Å². The number of aliphatic hydroxyl groups is 1. The van der Waals surface area contributed by atoms with Gasteiger partial charge in [-0.3, -0.25) is 4.90 Å². The Hall–Kier alpha value is -0.0800. The monoisotopic (exact) mass is 159 g/mol. The molecule has 68 valence electrons. The average molecular weight is 159 g/mol. The van der Waals surface area contributed by atoms with Crippen LogP contribution in [0.1, 0.15) is 27.7 Å². The quantitative estimate of drug-likeness (QED) is 0.654. The van der Waals surface area contributed by atoms with Crippen LogP contribution in [0.5, 0.6) is 0 Å². The van der Waals surface area contributed by atoms with Gasteiger partial charge in [0.05, 0.1) is 6.61 Å². The normalized spacial score (nSPS) is 14.5. The first-order chi connectivity index (χ1) is 5.17. The lowest BCUT2D eigenvalue weighted by Crippen LogP contribution is -2.41. The Kier molecular flexibility index (Phi) is 5.51. The first kappa shape index (κ1) is 10.9. The van der Waals surface area contributed by atoms with Crippen LogP contribution in [-0.4, -0.2) is 35.7 Å². The van der Waals surface area contributed by atoms with Crippen LogP contribution in [0.25, 0.3) is 0 Å².